The number of hydrogen-bond donors (Lipinski definition) is 3. The molecule has 2 aromatic rings. The van der Waals surface area contributed by atoms with Crippen LogP contribution in [0.4, 0.5) is 0 Å². The van der Waals surface area contributed by atoms with Crippen LogP contribution in [0.5, 0.6) is 0 Å². The Hall–Kier alpha value is -2.41. The van der Waals surface area contributed by atoms with Crippen molar-refractivity contribution in [2.45, 2.75) is 0 Å². The van der Waals surface area contributed by atoms with Crippen LogP contribution >= 0.6 is 0 Å². The van der Waals surface area contributed by atoms with Crippen LogP contribution in [0.2, 0.25) is 0 Å². The number of nitrogens with zero attached hydrogens (tertiary/aromatic N) is 1. The fourth-order valence-electron chi connectivity index (χ4n) is 2.33. The van der Waals surface area contributed by atoms with Gasteiger partial charge in [0.25, 0.3) is 0 Å². The first-order valence-corrected chi connectivity index (χ1v) is 6.36. The Labute approximate surface area is 114 Å². The maximum Gasteiger partial charge on any atom is 0.323 e. The molecule has 3 N–H and O–H groups in total. The van der Waals surface area contributed by atoms with Crippen LogP contribution in [0.3, 0.4) is 0 Å². The Morgan fingerprint density at radius 3 is 2.80 bits per heavy atom. The summed E-state index contributed by atoms with van der Waals surface area (Å²) in [5.41, 5.74) is 1.51. The third-order valence-corrected chi connectivity index (χ3v) is 3.32. The van der Waals surface area contributed by atoms with Crippen LogP contribution in [0.15, 0.2) is 23.0 Å². The van der Waals surface area contributed by atoms with Gasteiger partial charge in [0.15, 0.2) is 5.78 Å². The molecule has 0 unspecified atom stereocenters. The number of amides is 1. The summed E-state index contributed by atoms with van der Waals surface area (Å²) in [4.78, 5) is 41.7. The number of aromatic amines is 2. The molecule has 0 spiro atoms. The molecule has 0 atom stereocenters. The van der Waals surface area contributed by atoms with E-state index < -0.39 is 0 Å². The lowest BCUT2D eigenvalue weighted by Crippen LogP contribution is -2.49. The molecule has 1 fully saturated rings. The molecule has 1 saturated heterocycles. The standard InChI is InChI=1S/C13H14N4O3/c18-11(6-17-4-3-14-12(19)7-17)8-1-2-9-10(5-8)16-13(20)15-9/h1-2,5H,3-4,6-7H2,(H,14,19)(H2,15,16,20). The van der Waals surface area contributed by atoms with Gasteiger partial charge in [0, 0.05) is 18.7 Å². The Bertz CT molecular complexity index is 731. The average Bonchev–Trinajstić information content (AvgIpc) is 2.77. The summed E-state index contributed by atoms with van der Waals surface area (Å²) in [5.74, 6) is -0.127. The average molecular weight is 274 g/mol. The highest BCUT2D eigenvalue weighted by molar-refractivity contribution is 6.00. The normalized spacial score (nSPS) is 16.3. The molecule has 7 nitrogen and oxygen atoms in total. The number of ketones is 1. The lowest BCUT2D eigenvalue weighted by molar-refractivity contribution is -0.123. The number of fused-ring (bicyclic) bond motifs is 1. The Morgan fingerprint density at radius 2 is 2.00 bits per heavy atom. The molecule has 0 aliphatic carbocycles. The number of piperazine rings is 1. The van der Waals surface area contributed by atoms with E-state index in [1.165, 1.54) is 0 Å². The molecule has 1 aliphatic heterocycles. The zero-order chi connectivity index (χ0) is 14.1. The first-order chi connectivity index (χ1) is 9.61. The lowest BCUT2D eigenvalue weighted by atomic mass is 10.1. The number of hydrogen-bond acceptors (Lipinski definition) is 4. The quantitative estimate of drug-likeness (QED) is 0.655. The Balaban J connectivity index is 1.77. The van der Waals surface area contributed by atoms with Crippen molar-refractivity contribution < 1.29 is 9.59 Å². The molecular formula is C13H14N4O3. The third kappa shape index (κ3) is 2.48. The van der Waals surface area contributed by atoms with Crippen molar-refractivity contribution in [1.82, 2.24) is 20.2 Å². The van der Waals surface area contributed by atoms with Crippen molar-refractivity contribution in [2.75, 3.05) is 26.2 Å². The van der Waals surface area contributed by atoms with Crippen LogP contribution in [0.25, 0.3) is 11.0 Å². The Kier molecular flexibility index (Phi) is 3.11. The fraction of sp³-hybridized carbons (Fsp3) is 0.308. The van der Waals surface area contributed by atoms with E-state index in [1.807, 2.05) is 4.90 Å². The number of carbonyl (C=O) groups excluding carboxylic acids is 2. The largest absolute Gasteiger partial charge is 0.354 e. The second-order valence-corrected chi connectivity index (χ2v) is 4.82. The van der Waals surface area contributed by atoms with Gasteiger partial charge in [-0.25, -0.2) is 4.79 Å². The summed E-state index contributed by atoms with van der Waals surface area (Å²) in [6.45, 7) is 1.68. The predicted molar refractivity (Wildman–Crippen MR) is 72.7 cm³/mol. The summed E-state index contributed by atoms with van der Waals surface area (Å²) in [5, 5.41) is 2.72. The molecule has 1 aliphatic rings. The number of imidazole rings is 1. The highest BCUT2D eigenvalue weighted by Gasteiger charge is 2.19. The van der Waals surface area contributed by atoms with E-state index in [9.17, 15) is 14.4 Å². The van der Waals surface area contributed by atoms with Gasteiger partial charge >= 0.3 is 5.69 Å². The number of rotatable bonds is 3. The maximum atomic E-state index is 12.2. The van der Waals surface area contributed by atoms with Crippen molar-refractivity contribution >= 4 is 22.7 Å². The first-order valence-electron chi connectivity index (χ1n) is 6.36. The molecule has 3 rings (SSSR count). The third-order valence-electron chi connectivity index (χ3n) is 3.32. The number of nitrogens with one attached hydrogen (secondary N) is 3. The van der Waals surface area contributed by atoms with Gasteiger partial charge in [-0.1, -0.05) is 0 Å². The van der Waals surface area contributed by atoms with E-state index >= 15 is 0 Å². The monoisotopic (exact) mass is 274 g/mol. The molecule has 0 bridgehead atoms. The molecule has 1 aromatic heterocycles. The van der Waals surface area contributed by atoms with Crippen LogP contribution < -0.4 is 11.0 Å². The minimum atomic E-state index is -0.294. The van der Waals surface area contributed by atoms with Crippen molar-refractivity contribution in [2.24, 2.45) is 0 Å². The van der Waals surface area contributed by atoms with Gasteiger partial charge in [-0.15, -0.1) is 0 Å². The van der Waals surface area contributed by atoms with Gasteiger partial charge in [-0.3, -0.25) is 14.5 Å². The molecule has 0 radical (unpaired) electrons. The molecule has 104 valence electrons. The number of H-pyrrole nitrogens is 2. The minimum Gasteiger partial charge on any atom is -0.354 e. The summed E-state index contributed by atoms with van der Waals surface area (Å²) < 4.78 is 0. The summed E-state index contributed by atoms with van der Waals surface area (Å²) in [7, 11) is 0. The summed E-state index contributed by atoms with van der Waals surface area (Å²) >= 11 is 0. The van der Waals surface area contributed by atoms with Gasteiger partial charge in [0.1, 0.15) is 0 Å². The molecule has 2 heterocycles. The van der Waals surface area contributed by atoms with Crippen LogP contribution in [0, 0.1) is 0 Å². The second-order valence-electron chi connectivity index (χ2n) is 4.82. The smallest absolute Gasteiger partial charge is 0.323 e. The topological polar surface area (TPSA) is 98.1 Å². The first kappa shape index (κ1) is 12.6. The molecule has 1 aromatic carbocycles. The van der Waals surface area contributed by atoms with E-state index in [1.54, 1.807) is 18.2 Å². The zero-order valence-electron chi connectivity index (χ0n) is 10.7. The van der Waals surface area contributed by atoms with E-state index in [0.29, 0.717) is 29.7 Å². The SMILES string of the molecule is O=C1CN(CC(=O)c2ccc3[nH]c(=O)[nH]c3c2)CCN1. The van der Waals surface area contributed by atoms with Crippen molar-refractivity contribution in [3.05, 3.63) is 34.2 Å². The Morgan fingerprint density at radius 1 is 1.20 bits per heavy atom. The molecule has 0 saturated carbocycles. The van der Waals surface area contributed by atoms with Gasteiger partial charge in [0.05, 0.1) is 24.1 Å². The highest BCUT2D eigenvalue weighted by Crippen LogP contribution is 2.11. The van der Waals surface area contributed by atoms with Gasteiger partial charge in [-0.2, -0.15) is 0 Å². The molecule has 7 heteroatoms. The predicted octanol–water partition coefficient (Wildman–Crippen LogP) is -0.529. The zero-order valence-corrected chi connectivity index (χ0v) is 10.7. The molecule has 1 amide bonds. The van der Waals surface area contributed by atoms with E-state index in [2.05, 4.69) is 15.3 Å². The minimum absolute atomic E-state index is 0.0607. The van der Waals surface area contributed by atoms with Crippen LogP contribution in [-0.4, -0.2) is 52.7 Å². The summed E-state index contributed by atoms with van der Waals surface area (Å²) in [6.07, 6.45) is 0. The van der Waals surface area contributed by atoms with Crippen LogP contribution in [0.1, 0.15) is 10.4 Å². The van der Waals surface area contributed by atoms with Gasteiger partial charge in [0.2, 0.25) is 5.91 Å². The lowest BCUT2D eigenvalue weighted by Gasteiger charge is -2.25. The summed E-state index contributed by atoms with van der Waals surface area (Å²) in [6, 6.07) is 5.03. The number of Topliss-reactive ketones (excluding diaryl/α,β-unsaturated/α-hetero) is 1. The van der Waals surface area contributed by atoms with Crippen molar-refractivity contribution in [3.8, 4) is 0 Å². The van der Waals surface area contributed by atoms with E-state index in [-0.39, 0.29) is 30.5 Å². The molecular weight excluding hydrogens is 260 g/mol. The highest BCUT2D eigenvalue weighted by atomic mass is 16.2. The second kappa shape index (κ2) is 4.93. The van der Waals surface area contributed by atoms with Gasteiger partial charge in [-0.05, 0) is 18.2 Å². The number of aromatic nitrogens is 2. The van der Waals surface area contributed by atoms with Gasteiger partial charge < -0.3 is 15.3 Å². The molecule has 20 heavy (non-hydrogen) atoms. The van der Waals surface area contributed by atoms with Crippen molar-refractivity contribution in [1.29, 1.82) is 0 Å². The number of benzene rings is 1. The maximum absolute atomic E-state index is 12.2. The number of carbonyl (C=O) groups is 2. The fourth-order valence-corrected chi connectivity index (χ4v) is 2.33. The van der Waals surface area contributed by atoms with Crippen molar-refractivity contribution in [3.63, 3.8) is 0 Å². The van der Waals surface area contributed by atoms with E-state index in [4.69, 9.17) is 0 Å². The van der Waals surface area contributed by atoms with Crippen LogP contribution in [-0.2, 0) is 4.79 Å². The van der Waals surface area contributed by atoms with E-state index in [0.717, 1.165) is 0 Å².